The largest absolute Gasteiger partial charge is 0.296 e. The molecule has 1 rings (SSSR count). The van der Waals surface area contributed by atoms with E-state index in [1.54, 1.807) is 5.41 Å². The predicted octanol–water partition coefficient (Wildman–Crippen LogP) is 2.50. The number of hydrogen-bond acceptors (Lipinski definition) is 3. The summed E-state index contributed by atoms with van der Waals surface area (Å²) >= 11 is 1.29. The van der Waals surface area contributed by atoms with Crippen LogP contribution in [0.25, 0.3) is 0 Å². The summed E-state index contributed by atoms with van der Waals surface area (Å²) in [4.78, 5) is 15.2. The van der Waals surface area contributed by atoms with Crippen molar-refractivity contribution >= 4 is 24.6 Å². The summed E-state index contributed by atoms with van der Waals surface area (Å²) in [5, 5.41) is 1.79. The molecule has 0 aromatic heterocycles. The molecule has 1 fully saturated rings. The number of carbonyl (C=O) groups excluding carboxylic acids is 1. The lowest BCUT2D eigenvalue weighted by molar-refractivity contribution is -0.122. The zero-order valence-corrected chi connectivity index (χ0v) is 9.27. The summed E-state index contributed by atoms with van der Waals surface area (Å²) in [6.07, 6.45) is 4.45. The van der Waals surface area contributed by atoms with Crippen molar-refractivity contribution in [3.8, 4) is 0 Å². The fourth-order valence-electron chi connectivity index (χ4n) is 1.48. The van der Waals surface area contributed by atoms with Crippen molar-refractivity contribution < 1.29 is 4.79 Å². The first-order chi connectivity index (χ1) is 6.74. The lowest BCUT2D eigenvalue weighted by atomic mass is 10.1. The highest BCUT2D eigenvalue weighted by Crippen LogP contribution is 2.25. The molecule has 0 spiro atoms. The molecule has 0 atom stereocenters. The second-order valence-corrected chi connectivity index (χ2v) is 4.16. The summed E-state index contributed by atoms with van der Waals surface area (Å²) in [7, 11) is 0. The summed E-state index contributed by atoms with van der Waals surface area (Å²) < 4.78 is 2.80. The highest BCUT2D eigenvalue weighted by atomic mass is 32.2. The molecular formula is C10H16N2OS. The molecular weight excluding hydrogens is 196 g/mol. The highest BCUT2D eigenvalue weighted by molar-refractivity contribution is 8.00. The van der Waals surface area contributed by atoms with Crippen molar-refractivity contribution in [2.45, 2.75) is 32.6 Å². The predicted molar refractivity (Wildman–Crippen MR) is 61.0 cm³/mol. The van der Waals surface area contributed by atoms with Gasteiger partial charge in [-0.15, -0.1) is 0 Å². The zero-order chi connectivity index (χ0) is 10.4. The fourth-order valence-corrected chi connectivity index (χ4v) is 2.07. The van der Waals surface area contributed by atoms with Gasteiger partial charge in [0.05, 0.1) is 0 Å². The minimum absolute atomic E-state index is 0.153. The Morgan fingerprint density at radius 3 is 2.79 bits per heavy atom. The van der Waals surface area contributed by atoms with Gasteiger partial charge in [0, 0.05) is 17.0 Å². The Kier molecular flexibility index (Phi) is 4.73. The minimum atomic E-state index is 0.153. The SMILES string of the molecule is C=N/C(C)=C\SNC(=O)C1CCCC1. The number of nitrogens with one attached hydrogen (secondary N) is 1. The smallest absolute Gasteiger partial charge is 0.233 e. The molecule has 0 aromatic rings. The summed E-state index contributed by atoms with van der Waals surface area (Å²) in [5.41, 5.74) is 0.821. The first kappa shape index (κ1) is 11.3. The van der Waals surface area contributed by atoms with Gasteiger partial charge in [0.15, 0.2) is 0 Å². The Morgan fingerprint density at radius 2 is 2.21 bits per heavy atom. The second kappa shape index (κ2) is 5.86. The number of hydrogen-bond donors (Lipinski definition) is 1. The molecule has 0 heterocycles. The molecule has 0 saturated heterocycles. The molecule has 78 valence electrons. The molecule has 1 saturated carbocycles. The lowest BCUT2D eigenvalue weighted by Crippen LogP contribution is -2.22. The van der Waals surface area contributed by atoms with Crippen LogP contribution in [-0.2, 0) is 4.79 Å². The van der Waals surface area contributed by atoms with Crippen LogP contribution in [0, 0.1) is 5.92 Å². The van der Waals surface area contributed by atoms with Crippen molar-refractivity contribution in [3.05, 3.63) is 11.1 Å². The van der Waals surface area contributed by atoms with Crippen LogP contribution >= 0.6 is 11.9 Å². The van der Waals surface area contributed by atoms with Gasteiger partial charge in [-0.05, 0) is 38.4 Å². The zero-order valence-electron chi connectivity index (χ0n) is 8.45. The van der Waals surface area contributed by atoms with E-state index in [9.17, 15) is 4.79 Å². The topological polar surface area (TPSA) is 41.5 Å². The molecule has 1 amide bonds. The van der Waals surface area contributed by atoms with Gasteiger partial charge in [0.2, 0.25) is 5.91 Å². The quantitative estimate of drug-likeness (QED) is 0.574. The maximum Gasteiger partial charge on any atom is 0.233 e. The molecule has 0 aliphatic heterocycles. The Morgan fingerprint density at radius 1 is 1.57 bits per heavy atom. The first-order valence-electron chi connectivity index (χ1n) is 4.83. The summed E-state index contributed by atoms with van der Waals surface area (Å²) in [6.45, 7) is 5.24. The van der Waals surface area contributed by atoms with Gasteiger partial charge in [0.25, 0.3) is 0 Å². The van der Waals surface area contributed by atoms with Gasteiger partial charge < -0.3 is 0 Å². The van der Waals surface area contributed by atoms with E-state index in [0.717, 1.165) is 18.5 Å². The number of aliphatic imine (C=N–C) groups is 1. The first-order valence-corrected chi connectivity index (χ1v) is 5.71. The Bertz CT molecular complexity index is 245. The van der Waals surface area contributed by atoms with Crippen molar-refractivity contribution in [1.29, 1.82) is 0 Å². The molecule has 4 heteroatoms. The molecule has 0 bridgehead atoms. The third kappa shape index (κ3) is 3.54. The number of amides is 1. The average Bonchev–Trinajstić information content (AvgIpc) is 2.70. The molecule has 3 nitrogen and oxygen atoms in total. The van der Waals surface area contributed by atoms with Crippen molar-refractivity contribution in [2.24, 2.45) is 10.9 Å². The van der Waals surface area contributed by atoms with E-state index in [-0.39, 0.29) is 11.8 Å². The van der Waals surface area contributed by atoms with Crippen LogP contribution in [-0.4, -0.2) is 12.6 Å². The Balaban J connectivity index is 2.23. The normalized spacial score (nSPS) is 18.2. The molecule has 1 aliphatic carbocycles. The third-order valence-electron chi connectivity index (χ3n) is 2.36. The monoisotopic (exact) mass is 212 g/mol. The maximum atomic E-state index is 11.5. The van der Waals surface area contributed by atoms with E-state index >= 15 is 0 Å². The van der Waals surface area contributed by atoms with Crippen LogP contribution < -0.4 is 4.72 Å². The molecule has 14 heavy (non-hydrogen) atoms. The van der Waals surface area contributed by atoms with Gasteiger partial charge in [0.1, 0.15) is 0 Å². The van der Waals surface area contributed by atoms with E-state index in [1.165, 1.54) is 24.8 Å². The Labute approximate surface area is 89.2 Å². The van der Waals surface area contributed by atoms with Crippen LogP contribution in [0.5, 0.6) is 0 Å². The number of nitrogens with zero attached hydrogens (tertiary/aromatic N) is 1. The van der Waals surface area contributed by atoms with Gasteiger partial charge in [-0.2, -0.15) is 0 Å². The standard InChI is InChI=1S/C10H16N2OS/c1-8(11-2)7-14-12-10(13)9-5-3-4-6-9/h7,9H,2-6H2,1H3,(H,12,13)/b8-7-. The maximum absolute atomic E-state index is 11.5. The van der Waals surface area contributed by atoms with Gasteiger partial charge in [-0.25, -0.2) is 0 Å². The van der Waals surface area contributed by atoms with E-state index in [1.807, 2.05) is 6.92 Å². The lowest BCUT2D eigenvalue weighted by Gasteiger charge is -2.07. The van der Waals surface area contributed by atoms with Gasteiger partial charge in [-0.3, -0.25) is 14.5 Å². The average molecular weight is 212 g/mol. The van der Waals surface area contributed by atoms with E-state index in [4.69, 9.17) is 0 Å². The molecule has 1 aliphatic rings. The number of allylic oxidation sites excluding steroid dienone is 1. The van der Waals surface area contributed by atoms with E-state index in [2.05, 4.69) is 16.4 Å². The van der Waals surface area contributed by atoms with Crippen LogP contribution in [0.2, 0.25) is 0 Å². The van der Waals surface area contributed by atoms with Crippen LogP contribution in [0.4, 0.5) is 0 Å². The molecule has 0 radical (unpaired) electrons. The van der Waals surface area contributed by atoms with Crippen molar-refractivity contribution in [3.63, 3.8) is 0 Å². The number of carbonyl (C=O) groups is 1. The minimum Gasteiger partial charge on any atom is -0.296 e. The van der Waals surface area contributed by atoms with Gasteiger partial charge in [-0.1, -0.05) is 12.8 Å². The van der Waals surface area contributed by atoms with E-state index in [0.29, 0.717) is 0 Å². The van der Waals surface area contributed by atoms with Gasteiger partial charge >= 0.3 is 0 Å². The second-order valence-electron chi connectivity index (χ2n) is 3.48. The van der Waals surface area contributed by atoms with Crippen LogP contribution in [0.3, 0.4) is 0 Å². The summed E-state index contributed by atoms with van der Waals surface area (Å²) in [6, 6.07) is 0. The van der Waals surface area contributed by atoms with Crippen LogP contribution in [0.15, 0.2) is 16.1 Å². The highest BCUT2D eigenvalue weighted by Gasteiger charge is 2.21. The molecule has 1 N–H and O–H groups in total. The van der Waals surface area contributed by atoms with Crippen molar-refractivity contribution in [2.75, 3.05) is 0 Å². The summed E-state index contributed by atoms with van der Waals surface area (Å²) in [5.74, 6) is 0.383. The number of rotatable bonds is 4. The third-order valence-corrected chi connectivity index (χ3v) is 3.14. The Hall–Kier alpha value is -0.770. The fraction of sp³-hybridized carbons (Fsp3) is 0.600. The molecule has 0 aromatic carbocycles. The van der Waals surface area contributed by atoms with E-state index < -0.39 is 0 Å². The van der Waals surface area contributed by atoms with Crippen LogP contribution in [0.1, 0.15) is 32.6 Å². The molecule has 0 unspecified atom stereocenters. The van der Waals surface area contributed by atoms with Crippen molar-refractivity contribution in [1.82, 2.24) is 4.72 Å².